The molecule has 2 aliphatic heterocycles. The van der Waals surface area contributed by atoms with E-state index in [0.29, 0.717) is 12.1 Å². The highest BCUT2D eigenvalue weighted by atomic mass is 16.5. The molecule has 0 saturated carbocycles. The molecule has 2 bridgehead atoms. The van der Waals surface area contributed by atoms with E-state index >= 15 is 0 Å². The van der Waals surface area contributed by atoms with Crippen LogP contribution in [-0.2, 0) is 0 Å². The van der Waals surface area contributed by atoms with Gasteiger partial charge in [-0.05, 0) is 12.8 Å². The second kappa shape index (κ2) is 1.94. The van der Waals surface area contributed by atoms with Crippen molar-refractivity contribution < 1.29 is 5.21 Å². The molecule has 2 heterocycles. The summed E-state index contributed by atoms with van der Waals surface area (Å²) in [6.07, 6.45) is 2.48. The molecule has 3 heteroatoms. The second-order valence-corrected chi connectivity index (χ2v) is 3.01. The first-order chi connectivity index (χ1) is 4.34. The number of nitrogens with zero attached hydrogens (tertiary/aromatic N) is 1. The number of nitrogens with one attached hydrogen (secondary N) is 1. The Morgan fingerprint density at radius 2 is 1.78 bits per heavy atom. The summed E-state index contributed by atoms with van der Waals surface area (Å²) < 4.78 is 0. The van der Waals surface area contributed by atoms with Crippen molar-refractivity contribution >= 4 is 0 Å². The molecule has 52 valence electrons. The third-order valence-electron chi connectivity index (χ3n) is 2.20. The molecule has 0 radical (unpaired) electrons. The molecule has 0 spiro atoms. The molecule has 0 aliphatic carbocycles. The summed E-state index contributed by atoms with van der Waals surface area (Å²) in [5, 5.41) is 13.9. The fourth-order valence-electron chi connectivity index (χ4n) is 1.77. The number of rotatable bonds is 0. The van der Waals surface area contributed by atoms with Gasteiger partial charge in [0.1, 0.15) is 0 Å². The zero-order valence-electron chi connectivity index (χ0n) is 5.38. The number of fused-ring (bicyclic) bond motifs is 2. The molecule has 2 aliphatic rings. The summed E-state index contributed by atoms with van der Waals surface area (Å²) in [7, 11) is 0. The Morgan fingerprint density at radius 1 is 1.22 bits per heavy atom. The molecule has 0 aromatic rings. The van der Waals surface area contributed by atoms with Crippen LogP contribution >= 0.6 is 0 Å². The predicted octanol–water partition coefficient (Wildman–Crippen LogP) is -0.188. The highest BCUT2D eigenvalue weighted by Crippen LogP contribution is 2.18. The van der Waals surface area contributed by atoms with Gasteiger partial charge in [-0.1, -0.05) is 0 Å². The van der Waals surface area contributed by atoms with Crippen LogP contribution in [0.2, 0.25) is 0 Å². The van der Waals surface area contributed by atoms with Gasteiger partial charge in [-0.3, -0.25) is 0 Å². The molecule has 0 aromatic carbocycles. The molecule has 2 fully saturated rings. The van der Waals surface area contributed by atoms with Crippen molar-refractivity contribution in [2.24, 2.45) is 0 Å². The fourth-order valence-corrected chi connectivity index (χ4v) is 1.77. The van der Waals surface area contributed by atoms with Gasteiger partial charge in [0.15, 0.2) is 0 Å². The summed E-state index contributed by atoms with van der Waals surface area (Å²) in [6, 6.07) is 1.13. The number of piperazine rings is 1. The fraction of sp³-hybridized carbons (Fsp3) is 1.00. The third-order valence-corrected chi connectivity index (χ3v) is 2.20. The van der Waals surface area contributed by atoms with Crippen LogP contribution in [0, 0.1) is 0 Å². The Bertz CT molecular complexity index is 106. The van der Waals surface area contributed by atoms with Crippen LogP contribution in [0.1, 0.15) is 12.8 Å². The van der Waals surface area contributed by atoms with Crippen molar-refractivity contribution in [1.29, 1.82) is 0 Å². The lowest BCUT2D eigenvalue weighted by molar-refractivity contribution is -0.110. The summed E-state index contributed by atoms with van der Waals surface area (Å²) in [5.74, 6) is 0. The summed E-state index contributed by atoms with van der Waals surface area (Å²) >= 11 is 0. The van der Waals surface area contributed by atoms with Crippen LogP contribution in [-0.4, -0.2) is 35.4 Å². The van der Waals surface area contributed by atoms with Crippen molar-refractivity contribution in [1.82, 2.24) is 10.4 Å². The molecule has 2 rings (SSSR count). The van der Waals surface area contributed by atoms with E-state index in [0.717, 1.165) is 13.1 Å². The minimum atomic E-state index is 0.564. The lowest BCUT2D eigenvalue weighted by Crippen LogP contribution is -2.49. The van der Waals surface area contributed by atoms with Crippen LogP contribution in [0.25, 0.3) is 0 Å². The van der Waals surface area contributed by atoms with Gasteiger partial charge in [0, 0.05) is 25.2 Å². The van der Waals surface area contributed by atoms with Crippen molar-refractivity contribution in [3.8, 4) is 0 Å². The Balaban J connectivity index is 2.03. The Kier molecular flexibility index (Phi) is 1.22. The van der Waals surface area contributed by atoms with Gasteiger partial charge in [0.25, 0.3) is 0 Å². The molecule has 3 nitrogen and oxygen atoms in total. The van der Waals surface area contributed by atoms with E-state index in [2.05, 4.69) is 5.32 Å². The van der Waals surface area contributed by atoms with E-state index in [4.69, 9.17) is 5.21 Å². The molecule has 2 saturated heterocycles. The van der Waals surface area contributed by atoms with E-state index in [-0.39, 0.29) is 0 Å². The average Bonchev–Trinajstić information content (AvgIpc) is 2.11. The highest BCUT2D eigenvalue weighted by molar-refractivity contribution is 4.89. The highest BCUT2D eigenvalue weighted by Gasteiger charge is 2.31. The Morgan fingerprint density at radius 3 is 2.33 bits per heavy atom. The second-order valence-electron chi connectivity index (χ2n) is 3.01. The minimum absolute atomic E-state index is 0.564. The smallest absolute Gasteiger partial charge is 0.0392 e. The normalized spacial score (nSPS) is 43.7. The molecule has 9 heavy (non-hydrogen) atoms. The molecular weight excluding hydrogens is 116 g/mol. The van der Waals surface area contributed by atoms with E-state index in [1.807, 2.05) is 0 Å². The first kappa shape index (κ1) is 5.65. The van der Waals surface area contributed by atoms with Gasteiger partial charge < -0.3 is 10.5 Å². The van der Waals surface area contributed by atoms with Gasteiger partial charge in [0.2, 0.25) is 0 Å². The summed E-state index contributed by atoms with van der Waals surface area (Å²) in [5.41, 5.74) is 0. The van der Waals surface area contributed by atoms with Crippen molar-refractivity contribution in [3.05, 3.63) is 0 Å². The first-order valence-electron chi connectivity index (χ1n) is 3.54. The maximum atomic E-state index is 9.08. The summed E-state index contributed by atoms with van der Waals surface area (Å²) in [4.78, 5) is 0. The number of hydroxylamine groups is 2. The summed E-state index contributed by atoms with van der Waals surface area (Å²) in [6.45, 7) is 1.63. The molecule has 2 unspecified atom stereocenters. The maximum Gasteiger partial charge on any atom is 0.0392 e. The Labute approximate surface area is 54.6 Å². The van der Waals surface area contributed by atoms with Crippen LogP contribution in [0.4, 0.5) is 0 Å². The number of hydrogen-bond acceptors (Lipinski definition) is 3. The van der Waals surface area contributed by atoms with Crippen LogP contribution in [0.5, 0.6) is 0 Å². The van der Waals surface area contributed by atoms with Gasteiger partial charge >= 0.3 is 0 Å². The largest absolute Gasteiger partial charge is 0.314 e. The third kappa shape index (κ3) is 0.956. The SMILES string of the molecule is ON1CC2CCC(C1)N2. The number of hydrogen-bond donors (Lipinski definition) is 2. The van der Waals surface area contributed by atoms with E-state index in [1.165, 1.54) is 17.9 Å². The topological polar surface area (TPSA) is 35.5 Å². The van der Waals surface area contributed by atoms with Gasteiger partial charge in [0.05, 0.1) is 0 Å². The maximum absolute atomic E-state index is 9.08. The Hall–Kier alpha value is -0.120. The van der Waals surface area contributed by atoms with E-state index in [1.54, 1.807) is 0 Å². The van der Waals surface area contributed by atoms with Crippen molar-refractivity contribution in [2.45, 2.75) is 24.9 Å². The van der Waals surface area contributed by atoms with Crippen LogP contribution in [0.15, 0.2) is 0 Å². The lowest BCUT2D eigenvalue weighted by atomic mass is 10.2. The van der Waals surface area contributed by atoms with E-state index in [9.17, 15) is 0 Å². The monoisotopic (exact) mass is 128 g/mol. The van der Waals surface area contributed by atoms with E-state index < -0.39 is 0 Å². The van der Waals surface area contributed by atoms with Crippen LogP contribution in [0.3, 0.4) is 0 Å². The predicted molar refractivity (Wildman–Crippen MR) is 33.3 cm³/mol. The molecular formula is C6H12N2O. The quantitative estimate of drug-likeness (QED) is 0.474. The van der Waals surface area contributed by atoms with Gasteiger partial charge in [-0.25, -0.2) is 0 Å². The standard InChI is InChI=1S/C6H12N2O/c9-8-3-5-1-2-6(4-8)7-5/h5-7,9H,1-4H2. The minimum Gasteiger partial charge on any atom is -0.314 e. The molecule has 0 amide bonds. The molecule has 2 N–H and O–H groups in total. The van der Waals surface area contributed by atoms with Gasteiger partial charge in [-0.2, -0.15) is 5.06 Å². The first-order valence-corrected chi connectivity index (χ1v) is 3.54. The van der Waals surface area contributed by atoms with Crippen molar-refractivity contribution in [2.75, 3.05) is 13.1 Å². The van der Waals surface area contributed by atoms with Gasteiger partial charge in [-0.15, -0.1) is 0 Å². The molecule has 0 aromatic heterocycles. The lowest BCUT2D eigenvalue weighted by Gasteiger charge is -2.27. The zero-order valence-corrected chi connectivity index (χ0v) is 5.38. The van der Waals surface area contributed by atoms with Crippen molar-refractivity contribution in [3.63, 3.8) is 0 Å². The zero-order chi connectivity index (χ0) is 6.27. The average molecular weight is 128 g/mol. The molecule has 2 atom stereocenters. The van der Waals surface area contributed by atoms with Crippen LogP contribution < -0.4 is 5.32 Å².